The lowest BCUT2D eigenvalue weighted by Crippen LogP contribution is -2.17. The van der Waals surface area contributed by atoms with Crippen LogP contribution in [0.5, 0.6) is 0 Å². The highest BCUT2D eigenvalue weighted by Crippen LogP contribution is 2.26. The summed E-state index contributed by atoms with van der Waals surface area (Å²) in [7, 11) is 0. The maximum atomic E-state index is 13.5. The summed E-state index contributed by atoms with van der Waals surface area (Å²) in [6.45, 7) is 1.98. The topological polar surface area (TPSA) is 35.2 Å². The van der Waals surface area contributed by atoms with E-state index in [0.29, 0.717) is 17.4 Å². The Morgan fingerprint density at radius 3 is 2.84 bits per heavy atom. The number of ether oxygens (including phenoxy) is 1. The molecule has 19 heavy (non-hydrogen) atoms. The molecule has 102 valence electrons. The van der Waals surface area contributed by atoms with Gasteiger partial charge in [0, 0.05) is 29.8 Å². The van der Waals surface area contributed by atoms with Crippen molar-refractivity contribution < 1.29 is 9.13 Å². The van der Waals surface area contributed by atoms with Crippen molar-refractivity contribution in [3.8, 4) is 11.8 Å². The third kappa shape index (κ3) is 4.87. The monoisotopic (exact) mass is 279 g/mol. The maximum Gasteiger partial charge on any atom is 0.124 e. The predicted octanol–water partition coefficient (Wildman–Crippen LogP) is 2.55. The fourth-order valence-electron chi connectivity index (χ4n) is 2.02. The largest absolute Gasteiger partial charge is 0.381 e. The van der Waals surface area contributed by atoms with Gasteiger partial charge in [0.15, 0.2) is 0 Å². The SMILES string of the molecule is NCC#Cc1cc(F)cc(CSC2CCOCC2)c1. The maximum absolute atomic E-state index is 13.5. The zero-order valence-electron chi connectivity index (χ0n) is 10.8. The summed E-state index contributed by atoms with van der Waals surface area (Å²) in [5.74, 6) is 6.22. The second-order valence-electron chi connectivity index (χ2n) is 4.48. The summed E-state index contributed by atoms with van der Waals surface area (Å²) in [5, 5.41) is 0.621. The Labute approximate surface area is 117 Å². The molecule has 2 nitrogen and oxygen atoms in total. The molecule has 0 aromatic heterocycles. The Bertz CT molecular complexity index is 475. The molecule has 0 unspecified atom stereocenters. The van der Waals surface area contributed by atoms with Crippen molar-refractivity contribution in [1.29, 1.82) is 0 Å². The van der Waals surface area contributed by atoms with Crippen molar-refractivity contribution >= 4 is 11.8 Å². The van der Waals surface area contributed by atoms with Crippen LogP contribution in [0.2, 0.25) is 0 Å². The molecule has 0 amide bonds. The van der Waals surface area contributed by atoms with Gasteiger partial charge in [0.05, 0.1) is 6.54 Å². The fourth-order valence-corrected chi connectivity index (χ4v) is 3.14. The van der Waals surface area contributed by atoms with Crippen molar-refractivity contribution in [2.24, 2.45) is 5.73 Å². The number of hydrogen-bond donors (Lipinski definition) is 1. The standard InChI is InChI=1S/C15H18FNOS/c16-14-9-12(2-1-5-17)8-13(10-14)11-19-15-3-6-18-7-4-15/h8-10,15H,3-7,11,17H2. The van der Waals surface area contributed by atoms with Crippen LogP contribution in [-0.2, 0) is 10.5 Å². The second-order valence-corrected chi connectivity index (χ2v) is 5.77. The van der Waals surface area contributed by atoms with Gasteiger partial charge in [-0.1, -0.05) is 11.8 Å². The quantitative estimate of drug-likeness (QED) is 0.864. The number of rotatable bonds is 3. The molecule has 1 heterocycles. The van der Waals surface area contributed by atoms with Crippen LogP contribution in [0.25, 0.3) is 0 Å². The molecule has 1 fully saturated rings. The lowest BCUT2D eigenvalue weighted by molar-refractivity contribution is 0.1000. The van der Waals surface area contributed by atoms with Gasteiger partial charge in [0.2, 0.25) is 0 Å². The Morgan fingerprint density at radius 2 is 2.11 bits per heavy atom. The van der Waals surface area contributed by atoms with Gasteiger partial charge in [-0.05, 0) is 36.6 Å². The molecule has 0 radical (unpaired) electrons. The third-order valence-corrected chi connectivity index (χ3v) is 4.39. The van der Waals surface area contributed by atoms with Crippen molar-refractivity contribution in [3.05, 3.63) is 35.1 Å². The van der Waals surface area contributed by atoms with Gasteiger partial charge in [-0.3, -0.25) is 0 Å². The first-order valence-electron chi connectivity index (χ1n) is 6.45. The van der Waals surface area contributed by atoms with Gasteiger partial charge in [-0.15, -0.1) is 0 Å². The first kappa shape index (κ1) is 14.4. The molecule has 0 atom stereocenters. The van der Waals surface area contributed by atoms with Gasteiger partial charge < -0.3 is 10.5 Å². The lowest BCUT2D eigenvalue weighted by Gasteiger charge is -2.21. The van der Waals surface area contributed by atoms with Crippen LogP contribution in [0.15, 0.2) is 18.2 Å². The Balaban J connectivity index is 1.97. The molecule has 2 N–H and O–H groups in total. The summed E-state index contributed by atoms with van der Waals surface area (Å²) in [5.41, 5.74) is 7.01. The fraction of sp³-hybridized carbons (Fsp3) is 0.467. The number of benzene rings is 1. The zero-order chi connectivity index (χ0) is 13.5. The minimum Gasteiger partial charge on any atom is -0.381 e. The van der Waals surface area contributed by atoms with Crippen LogP contribution in [0.4, 0.5) is 4.39 Å². The van der Waals surface area contributed by atoms with Gasteiger partial charge in [0.1, 0.15) is 5.82 Å². The van der Waals surface area contributed by atoms with Gasteiger partial charge in [0.25, 0.3) is 0 Å². The van der Waals surface area contributed by atoms with E-state index in [1.165, 1.54) is 6.07 Å². The van der Waals surface area contributed by atoms with E-state index in [2.05, 4.69) is 11.8 Å². The van der Waals surface area contributed by atoms with E-state index in [0.717, 1.165) is 37.4 Å². The van der Waals surface area contributed by atoms with Gasteiger partial charge in [-0.2, -0.15) is 11.8 Å². The Hall–Kier alpha value is -1.02. The summed E-state index contributed by atoms with van der Waals surface area (Å²) in [6.07, 6.45) is 2.17. The zero-order valence-corrected chi connectivity index (χ0v) is 11.6. The molecule has 0 saturated carbocycles. The first-order valence-corrected chi connectivity index (χ1v) is 7.50. The predicted molar refractivity (Wildman–Crippen MR) is 77.5 cm³/mol. The summed E-state index contributed by atoms with van der Waals surface area (Å²) in [6, 6.07) is 4.98. The third-order valence-electron chi connectivity index (χ3n) is 2.95. The molecule has 4 heteroatoms. The molecule has 0 aliphatic carbocycles. The van der Waals surface area contributed by atoms with Crippen molar-refractivity contribution in [1.82, 2.24) is 0 Å². The van der Waals surface area contributed by atoms with E-state index in [1.807, 2.05) is 17.8 Å². The van der Waals surface area contributed by atoms with E-state index < -0.39 is 0 Å². The molecule has 1 saturated heterocycles. The highest BCUT2D eigenvalue weighted by atomic mass is 32.2. The average molecular weight is 279 g/mol. The normalized spacial score (nSPS) is 15.9. The highest BCUT2D eigenvalue weighted by molar-refractivity contribution is 7.99. The van der Waals surface area contributed by atoms with E-state index in [9.17, 15) is 4.39 Å². The van der Waals surface area contributed by atoms with Gasteiger partial charge >= 0.3 is 0 Å². The summed E-state index contributed by atoms with van der Waals surface area (Å²) < 4.78 is 18.8. The molecule has 1 aliphatic heterocycles. The first-order chi connectivity index (χ1) is 9.28. The van der Waals surface area contributed by atoms with Crippen LogP contribution >= 0.6 is 11.8 Å². The van der Waals surface area contributed by atoms with E-state index in [1.54, 1.807) is 6.07 Å². The van der Waals surface area contributed by atoms with Crippen LogP contribution in [0.3, 0.4) is 0 Å². The molecular weight excluding hydrogens is 261 g/mol. The minimum atomic E-state index is -0.230. The van der Waals surface area contributed by atoms with Crippen LogP contribution in [0.1, 0.15) is 24.0 Å². The van der Waals surface area contributed by atoms with Crippen LogP contribution < -0.4 is 5.73 Å². The van der Waals surface area contributed by atoms with Crippen LogP contribution in [0, 0.1) is 17.7 Å². The molecule has 1 aromatic rings. The van der Waals surface area contributed by atoms with Gasteiger partial charge in [-0.25, -0.2) is 4.39 Å². The molecule has 1 aliphatic rings. The Kier molecular flexibility index (Phi) is 5.71. The molecular formula is C15H18FNOS. The molecule has 2 rings (SSSR count). The minimum absolute atomic E-state index is 0.230. The van der Waals surface area contributed by atoms with E-state index >= 15 is 0 Å². The summed E-state index contributed by atoms with van der Waals surface area (Å²) >= 11 is 1.87. The average Bonchev–Trinajstić information content (AvgIpc) is 2.43. The van der Waals surface area contributed by atoms with Crippen molar-refractivity contribution in [3.63, 3.8) is 0 Å². The molecule has 0 spiro atoms. The lowest BCUT2D eigenvalue weighted by atomic mass is 10.1. The van der Waals surface area contributed by atoms with E-state index in [4.69, 9.17) is 10.5 Å². The van der Waals surface area contributed by atoms with Crippen molar-refractivity contribution in [2.75, 3.05) is 19.8 Å². The highest BCUT2D eigenvalue weighted by Gasteiger charge is 2.14. The smallest absolute Gasteiger partial charge is 0.124 e. The summed E-state index contributed by atoms with van der Waals surface area (Å²) in [4.78, 5) is 0. The number of hydrogen-bond acceptors (Lipinski definition) is 3. The van der Waals surface area contributed by atoms with E-state index in [-0.39, 0.29) is 5.82 Å². The molecule has 1 aromatic carbocycles. The number of thioether (sulfide) groups is 1. The Morgan fingerprint density at radius 1 is 1.32 bits per heavy atom. The molecule has 0 bridgehead atoms. The van der Waals surface area contributed by atoms with Crippen molar-refractivity contribution in [2.45, 2.75) is 23.8 Å². The number of nitrogens with two attached hydrogens (primary N) is 1. The second kappa shape index (κ2) is 7.54. The number of halogens is 1. The van der Waals surface area contributed by atoms with Crippen LogP contribution in [-0.4, -0.2) is 25.0 Å².